The summed E-state index contributed by atoms with van der Waals surface area (Å²) in [5.74, 6) is -2.90. The normalized spacial score (nSPS) is 12.2. The molecule has 34 heavy (non-hydrogen) atoms. The standard InChI is InChI=1S/C26H22F3N3O2/c1-15(2)24(16-7-10-18(27)11-8-16)30-23(33)14-32-26(34)20-6-4-3-5-19(20)25(31-32)17-9-12-21(28)22(29)13-17/h3-13,15,24H,14H2,1-2H3,(H,30,33). The van der Waals surface area contributed by atoms with Gasteiger partial charge in [-0.2, -0.15) is 5.10 Å². The zero-order valence-electron chi connectivity index (χ0n) is 18.6. The minimum absolute atomic E-state index is 0.00607. The van der Waals surface area contributed by atoms with E-state index < -0.39 is 29.1 Å². The van der Waals surface area contributed by atoms with Crippen molar-refractivity contribution in [2.75, 3.05) is 0 Å². The summed E-state index contributed by atoms with van der Waals surface area (Å²) in [6.45, 7) is 3.44. The Morgan fingerprint density at radius 1 is 0.941 bits per heavy atom. The number of fused-ring (bicyclic) bond motifs is 1. The molecule has 4 aromatic rings. The number of carbonyl (C=O) groups excluding carboxylic acids is 1. The molecular formula is C26H22F3N3O2. The third-order valence-corrected chi connectivity index (χ3v) is 5.57. The maximum Gasteiger partial charge on any atom is 0.275 e. The molecule has 0 aliphatic carbocycles. The third kappa shape index (κ3) is 4.71. The molecule has 1 heterocycles. The highest BCUT2D eigenvalue weighted by atomic mass is 19.2. The van der Waals surface area contributed by atoms with Gasteiger partial charge in [-0.3, -0.25) is 9.59 Å². The molecule has 0 saturated heterocycles. The Morgan fingerprint density at radius 2 is 1.62 bits per heavy atom. The van der Waals surface area contributed by atoms with Crippen molar-refractivity contribution >= 4 is 16.7 Å². The molecule has 0 fully saturated rings. The second-order valence-corrected chi connectivity index (χ2v) is 8.33. The summed E-state index contributed by atoms with van der Waals surface area (Å²) in [6, 6.07) is 15.4. The number of nitrogens with zero attached hydrogens (tertiary/aromatic N) is 2. The van der Waals surface area contributed by atoms with E-state index in [2.05, 4.69) is 10.4 Å². The van der Waals surface area contributed by atoms with E-state index in [9.17, 15) is 22.8 Å². The summed E-state index contributed by atoms with van der Waals surface area (Å²) >= 11 is 0. The van der Waals surface area contributed by atoms with E-state index in [4.69, 9.17) is 0 Å². The molecule has 8 heteroatoms. The van der Waals surface area contributed by atoms with Gasteiger partial charge >= 0.3 is 0 Å². The number of amides is 1. The molecule has 1 unspecified atom stereocenters. The van der Waals surface area contributed by atoms with E-state index in [1.54, 1.807) is 36.4 Å². The maximum absolute atomic E-state index is 13.9. The highest BCUT2D eigenvalue weighted by Gasteiger charge is 2.20. The van der Waals surface area contributed by atoms with E-state index >= 15 is 0 Å². The Bertz CT molecular complexity index is 1420. The molecule has 3 aromatic carbocycles. The minimum Gasteiger partial charge on any atom is -0.347 e. The highest BCUT2D eigenvalue weighted by molar-refractivity contribution is 5.93. The van der Waals surface area contributed by atoms with Gasteiger partial charge in [0, 0.05) is 10.9 Å². The smallest absolute Gasteiger partial charge is 0.275 e. The first-order valence-corrected chi connectivity index (χ1v) is 10.7. The number of halogens is 3. The van der Waals surface area contributed by atoms with Crippen molar-refractivity contribution in [3.8, 4) is 11.3 Å². The number of carbonyl (C=O) groups is 1. The van der Waals surface area contributed by atoms with Gasteiger partial charge in [0.25, 0.3) is 5.56 Å². The summed E-state index contributed by atoms with van der Waals surface area (Å²) in [5.41, 5.74) is 0.766. The quantitative estimate of drug-likeness (QED) is 0.436. The molecule has 1 amide bonds. The Morgan fingerprint density at radius 3 is 2.26 bits per heavy atom. The maximum atomic E-state index is 13.9. The summed E-state index contributed by atoms with van der Waals surface area (Å²) in [7, 11) is 0. The summed E-state index contributed by atoms with van der Waals surface area (Å²) in [5, 5.41) is 7.96. The second-order valence-electron chi connectivity index (χ2n) is 8.33. The molecule has 5 nitrogen and oxygen atoms in total. The number of hydrogen-bond donors (Lipinski definition) is 1. The van der Waals surface area contributed by atoms with Crippen molar-refractivity contribution in [2.45, 2.75) is 26.4 Å². The van der Waals surface area contributed by atoms with Crippen molar-refractivity contribution in [1.29, 1.82) is 0 Å². The van der Waals surface area contributed by atoms with Gasteiger partial charge in [0.15, 0.2) is 11.6 Å². The molecule has 0 aliphatic heterocycles. The number of benzene rings is 3. The monoisotopic (exact) mass is 465 g/mol. The number of rotatable bonds is 6. The minimum atomic E-state index is -1.04. The van der Waals surface area contributed by atoms with Crippen molar-refractivity contribution in [3.63, 3.8) is 0 Å². The number of hydrogen-bond acceptors (Lipinski definition) is 3. The van der Waals surface area contributed by atoms with Crippen LogP contribution in [-0.2, 0) is 11.3 Å². The fourth-order valence-corrected chi connectivity index (χ4v) is 3.86. The van der Waals surface area contributed by atoms with Crippen LogP contribution in [0.2, 0.25) is 0 Å². The van der Waals surface area contributed by atoms with Crippen molar-refractivity contribution in [3.05, 3.63) is 100 Å². The molecular weight excluding hydrogens is 443 g/mol. The van der Waals surface area contributed by atoms with Crippen LogP contribution in [0.5, 0.6) is 0 Å². The third-order valence-electron chi connectivity index (χ3n) is 5.57. The molecule has 0 radical (unpaired) electrons. The van der Waals surface area contributed by atoms with Gasteiger partial charge in [-0.25, -0.2) is 17.9 Å². The van der Waals surface area contributed by atoms with Gasteiger partial charge < -0.3 is 5.32 Å². The van der Waals surface area contributed by atoms with Crippen LogP contribution in [0.3, 0.4) is 0 Å². The average molecular weight is 465 g/mol. The van der Waals surface area contributed by atoms with Gasteiger partial charge in [-0.15, -0.1) is 0 Å². The molecule has 4 rings (SSSR count). The Hall–Kier alpha value is -3.94. The lowest BCUT2D eigenvalue weighted by molar-refractivity contribution is -0.123. The number of nitrogens with one attached hydrogen (secondary N) is 1. The molecule has 174 valence electrons. The molecule has 0 saturated carbocycles. The topological polar surface area (TPSA) is 64.0 Å². The highest BCUT2D eigenvalue weighted by Crippen LogP contribution is 2.26. The van der Waals surface area contributed by atoms with Gasteiger partial charge in [-0.05, 0) is 47.9 Å². The van der Waals surface area contributed by atoms with Gasteiger partial charge in [-0.1, -0.05) is 44.2 Å². The second kappa shape index (κ2) is 9.51. The average Bonchev–Trinajstić information content (AvgIpc) is 2.82. The van der Waals surface area contributed by atoms with E-state index in [-0.39, 0.29) is 29.5 Å². The molecule has 0 bridgehead atoms. The molecule has 1 atom stereocenters. The van der Waals surface area contributed by atoms with E-state index in [1.165, 1.54) is 18.2 Å². The van der Waals surface area contributed by atoms with Crippen LogP contribution in [0.25, 0.3) is 22.0 Å². The largest absolute Gasteiger partial charge is 0.347 e. The van der Waals surface area contributed by atoms with Crippen LogP contribution < -0.4 is 10.9 Å². The van der Waals surface area contributed by atoms with Crippen LogP contribution in [-0.4, -0.2) is 15.7 Å². The summed E-state index contributed by atoms with van der Waals surface area (Å²) in [4.78, 5) is 25.9. The van der Waals surface area contributed by atoms with Crippen LogP contribution in [0.15, 0.2) is 71.5 Å². The van der Waals surface area contributed by atoms with E-state index in [0.29, 0.717) is 10.8 Å². The van der Waals surface area contributed by atoms with Gasteiger partial charge in [0.2, 0.25) is 5.91 Å². The molecule has 0 aliphatic rings. The Kier molecular flexibility index (Phi) is 6.49. The first-order valence-electron chi connectivity index (χ1n) is 10.7. The SMILES string of the molecule is CC(C)C(NC(=O)Cn1nc(-c2ccc(F)c(F)c2)c2ccccc2c1=O)c1ccc(F)cc1. The predicted octanol–water partition coefficient (Wildman–Crippen LogP) is 4.99. The van der Waals surface area contributed by atoms with E-state index in [0.717, 1.165) is 22.4 Å². The van der Waals surface area contributed by atoms with Gasteiger partial charge in [0.05, 0.1) is 17.1 Å². The number of aromatic nitrogens is 2. The summed E-state index contributed by atoms with van der Waals surface area (Å²) < 4.78 is 41.7. The van der Waals surface area contributed by atoms with Crippen LogP contribution >= 0.6 is 0 Å². The molecule has 1 aromatic heterocycles. The van der Waals surface area contributed by atoms with Crippen LogP contribution in [0.1, 0.15) is 25.5 Å². The Labute approximate surface area is 193 Å². The first-order chi connectivity index (χ1) is 16.2. The molecule has 1 N–H and O–H groups in total. The lowest BCUT2D eigenvalue weighted by Gasteiger charge is -2.23. The van der Waals surface area contributed by atoms with Crippen LogP contribution in [0.4, 0.5) is 13.2 Å². The zero-order chi connectivity index (χ0) is 24.4. The molecule has 0 spiro atoms. The lowest BCUT2D eigenvalue weighted by atomic mass is 9.96. The lowest BCUT2D eigenvalue weighted by Crippen LogP contribution is -2.37. The first kappa shape index (κ1) is 23.2. The predicted molar refractivity (Wildman–Crippen MR) is 123 cm³/mol. The fourth-order valence-electron chi connectivity index (χ4n) is 3.86. The van der Waals surface area contributed by atoms with Crippen LogP contribution in [0, 0.1) is 23.4 Å². The van der Waals surface area contributed by atoms with E-state index in [1.807, 2.05) is 13.8 Å². The van der Waals surface area contributed by atoms with Crippen molar-refractivity contribution < 1.29 is 18.0 Å². The van der Waals surface area contributed by atoms with Crippen molar-refractivity contribution in [1.82, 2.24) is 15.1 Å². The van der Waals surface area contributed by atoms with Crippen molar-refractivity contribution in [2.24, 2.45) is 5.92 Å². The summed E-state index contributed by atoms with van der Waals surface area (Å²) in [6.07, 6.45) is 0. The van der Waals surface area contributed by atoms with Gasteiger partial charge in [0.1, 0.15) is 12.4 Å². The fraction of sp³-hybridized carbons (Fsp3) is 0.192. The Balaban J connectivity index is 1.70. The zero-order valence-corrected chi connectivity index (χ0v) is 18.6.